The molecule has 1 aromatic carbocycles. The van der Waals surface area contributed by atoms with Gasteiger partial charge < -0.3 is 4.74 Å². The predicted molar refractivity (Wildman–Crippen MR) is 53.9 cm³/mol. The Morgan fingerprint density at radius 2 is 2.33 bits per heavy atom. The third-order valence-corrected chi connectivity index (χ3v) is 2.15. The summed E-state index contributed by atoms with van der Waals surface area (Å²) in [5, 5.41) is 19.3. The molecule has 0 saturated heterocycles. The van der Waals surface area contributed by atoms with E-state index in [0.717, 1.165) is 0 Å². The van der Waals surface area contributed by atoms with Gasteiger partial charge >= 0.3 is 0 Å². The molecule has 6 heteroatoms. The maximum atomic E-state index is 10.5. The van der Waals surface area contributed by atoms with Gasteiger partial charge in [0, 0.05) is 11.6 Å². The first kappa shape index (κ1) is 11.3. The molecule has 0 N–H and O–H groups in total. The fraction of sp³-hybridized carbons (Fsp3) is 0.222. The van der Waals surface area contributed by atoms with Crippen molar-refractivity contribution in [2.45, 2.75) is 5.88 Å². The first-order chi connectivity index (χ1) is 7.13. The Morgan fingerprint density at radius 3 is 2.73 bits per heavy atom. The lowest BCUT2D eigenvalue weighted by Gasteiger charge is -2.06. The van der Waals surface area contributed by atoms with E-state index >= 15 is 0 Å². The van der Waals surface area contributed by atoms with Crippen molar-refractivity contribution < 1.29 is 9.66 Å². The summed E-state index contributed by atoms with van der Waals surface area (Å²) in [6, 6.07) is 4.28. The number of non-ortho nitro benzene ring substituents is 1. The zero-order valence-corrected chi connectivity index (χ0v) is 8.61. The van der Waals surface area contributed by atoms with Crippen molar-refractivity contribution in [1.82, 2.24) is 0 Å². The fourth-order valence-electron chi connectivity index (χ4n) is 1.16. The van der Waals surface area contributed by atoms with E-state index in [0.29, 0.717) is 5.56 Å². The third kappa shape index (κ3) is 2.17. The minimum atomic E-state index is -0.582. The highest BCUT2D eigenvalue weighted by atomic mass is 35.5. The first-order valence-corrected chi connectivity index (χ1v) is 4.48. The molecule has 1 aromatic rings. The number of alkyl halides is 1. The highest BCUT2D eigenvalue weighted by Gasteiger charge is 2.16. The van der Waals surface area contributed by atoms with Crippen LogP contribution in [0.5, 0.6) is 5.75 Å². The topological polar surface area (TPSA) is 76.2 Å². The Morgan fingerprint density at radius 1 is 1.67 bits per heavy atom. The molecule has 0 fully saturated rings. The number of nitriles is 1. The Labute approximate surface area is 91.0 Å². The maximum absolute atomic E-state index is 10.5. The van der Waals surface area contributed by atoms with Crippen molar-refractivity contribution in [2.75, 3.05) is 7.11 Å². The van der Waals surface area contributed by atoms with Crippen LogP contribution in [0.4, 0.5) is 5.69 Å². The van der Waals surface area contributed by atoms with E-state index in [2.05, 4.69) is 0 Å². The first-order valence-electron chi connectivity index (χ1n) is 3.95. The summed E-state index contributed by atoms with van der Waals surface area (Å²) in [5.74, 6) is 0.333. The van der Waals surface area contributed by atoms with Crippen LogP contribution in [0, 0.1) is 21.4 Å². The molecular weight excluding hydrogens is 220 g/mol. The monoisotopic (exact) mass is 226 g/mol. The van der Waals surface area contributed by atoms with E-state index < -0.39 is 4.92 Å². The van der Waals surface area contributed by atoms with Crippen molar-refractivity contribution in [2.24, 2.45) is 0 Å². The lowest BCUT2D eigenvalue weighted by molar-refractivity contribution is -0.385. The fourth-order valence-corrected chi connectivity index (χ4v) is 1.43. The van der Waals surface area contributed by atoms with E-state index in [1.54, 1.807) is 0 Å². The van der Waals surface area contributed by atoms with Gasteiger partial charge in [-0.25, -0.2) is 0 Å². The van der Waals surface area contributed by atoms with Gasteiger partial charge in [-0.1, -0.05) is 0 Å². The Bertz CT molecular complexity index is 440. The average Bonchev–Trinajstić information content (AvgIpc) is 2.26. The summed E-state index contributed by atoms with van der Waals surface area (Å²) < 4.78 is 4.93. The molecule has 0 saturated carbocycles. The van der Waals surface area contributed by atoms with Crippen LogP contribution >= 0.6 is 11.6 Å². The zero-order chi connectivity index (χ0) is 11.4. The van der Waals surface area contributed by atoms with Crippen LogP contribution in [0.2, 0.25) is 0 Å². The average molecular weight is 227 g/mol. The molecular formula is C9H7ClN2O3. The van der Waals surface area contributed by atoms with Gasteiger partial charge in [-0.05, 0) is 0 Å². The van der Waals surface area contributed by atoms with Crippen molar-refractivity contribution in [3.8, 4) is 11.8 Å². The van der Waals surface area contributed by atoms with Crippen molar-refractivity contribution in [3.05, 3.63) is 33.4 Å². The molecule has 0 spiro atoms. The Balaban J connectivity index is 3.44. The molecule has 78 valence electrons. The second-order valence-electron chi connectivity index (χ2n) is 2.68. The summed E-state index contributed by atoms with van der Waals surface area (Å²) in [5.41, 5.74) is 0.445. The number of benzene rings is 1. The van der Waals surface area contributed by atoms with Crippen LogP contribution in [0.25, 0.3) is 0 Å². The van der Waals surface area contributed by atoms with Gasteiger partial charge in [0.25, 0.3) is 5.69 Å². The normalized spacial score (nSPS) is 9.40. The molecule has 1 rings (SSSR count). The molecule has 0 atom stereocenters. The van der Waals surface area contributed by atoms with Gasteiger partial charge in [-0.2, -0.15) is 5.26 Å². The number of nitrogens with zero attached hydrogens (tertiary/aromatic N) is 2. The lowest BCUT2D eigenvalue weighted by Crippen LogP contribution is -1.97. The number of halogens is 1. The van der Waals surface area contributed by atoms with Gasteiger partial charge in [0.05, 0.1) is 35.6 Å². The highest BCUT2D eigenvalue weighted by Crippen LogP contribution is 2.29. The molecule has 0 unspecified atom stereocenters. The lowest BCUT2D eigenvalue weighted by atomic mass is 10.1. The maximum Gasteiger partial charge on any atom is 0.274 e. The van der Waals surface area contributed by atoms with Gasteiger partial charge in [0.2, 0.25) is 0 Å². The number of hydrogen-bond acceptors (Lipinski definition) is 4. The van der Waals surface area contributed by atoms with E-state index in [-0.39, 0.29) is 22.9 Å². The van der Waals surface area contributed by atoms with Crippen LogP contribution < -0.4 is 4.74 Å². The van der Waals surface area contributed by atoms with Crippen LogP contribution in [-0.2, 0) is 5.88 Å². The number of methoxy groups -OCH3 is 1. The van der Waals surface area contributed by atoms with Crippen molar-refractivity contribution in [1.29, 1.82) is 5.26 Å². The smallest absolute Gasteiger partial charge is 0.274 e. The van der Waals surface area contributed by atoms with Gasteiger partial charge in [0.1, 0.15) is 5.75 Å². The van der Waals surface area contributed by atoms with Crippen LogP contribution in [0.15, 0.2) is 12.1 Å². The van der Waals surface area contributed by atoms with Crippen molar-refractivity contribution in [3.63, 3.8) is 0 Å². The molecule has 0 radical (unpaired) electrons. The van der Waals surface area contributed by atoms with Crippen LogP contribution in [0.3, 0.4) is 0 Å². The number of hydrogen-bond donors (Lipinski definition) is 0. The van der Waals surface area contributed by atoms with Crippen LogP contribution in [-0.4, -0.2) is 12.0 Å². The summed E-state index contributed by atoms with van der Waals surface area (Å²) in [6.45, 7) is 0. The molecule has 0 bridgehead atoms. The minimum absolute atomic E-state index is 0.0735. The predicted octanol–water partition coefficient (Wildman–Crippen LogP) is 2.21. The van der Waals surface area contributed by atoms with Gasteiger partial charge in [-0.3, -0.25) is 10.1 Å². The SMILES string of the molecule is COc1cc([N+](=O)[O-])cc(C#N)c1CCl. The molecule has 0 aliphatic carbocycles. The van der Waals surface area contributed by atoms with Crippen LogP contribution in [0.1, 0.15) is 11.1 Å². The molecule has 0 heterocycles. The second kappa shape index (κ2) is 4.62. The third-order valence-electron chi connectivity index (χ3n) is 1.88. The largest absolute Gasteiger partial charge is 0.496 e. The number of nitro groups is 1. The molecule has 15 heavy (non-hydrogen) atoms. The zero-order valence-electron chi connectivity index (χ0n) is 7.86. The molecule has 0 amide bonds. The Kier molecular flexibility index (Phi) is 3.47. The molecule has 0 aliphatic heterocycles. The summed E-state index contributed by atoms with van der Waals surface area (Å²) >= 11 is 5.63. The highest BCUT2D eigenvalue weighted by molar-refractivity contribution is 6.17. The number of rotatable bonds is 3. The molecule has 0 aliphatic rings. The summed E-state index contributed by atoms with van der Waals surface area (Å²) in [4.78, 5) is 9.96. The number of ether oxygens (including phenoxy) is 1. The van der Waals surface area contributed by atoms with E-state index in [9.17, 15) is 10.1 Å². The second-order valence-corrected chi connectivity index (χ2v) is 2.94. The Hall–Kier alpha value is -1.80. The van der Waals surface area contributed by atoms with Gasteiger partial charge in [0.15, 0.2) is 0 Å². The standard InChI is InChI=1S/C9H7ClN2O3/c1-15-9-3-7(12(13)14)2-6(5-11)8(9)4-10/h2-3H,4H2,1H3. The number of nitro benzene ring substituents is 1. The summed E-state index contributed by atoms with van der Waals surface area (Å²) in [6.07, 6.45) is 0. The van der Waals surface area contributed by atoms with E-state index in [1.165, 1.54) is 19.2 Å². The van der Waals surface area contributed by atoms with Crippen molar-refractivity contribution >= 4 is 17.3 Å². The molecule has 5 nitrogen and oxygen atoms in total. The summed E-state index contributed by atoms with van der Waals surface area (Å²) in [7, 11) is 1.37. The minimum Gasteiger partial charge on any atom is -0.496 e. The van der Waals surface area contributed by atoms with Gasteiger partial charge in [-0.15, -0.1) is 11.6 Å². The molecule has 0 aromatic heterocycles. The quantitative estimate of drug-likeness (QED) is 0.450. The van der Waals surface area contributed by atoms with E-state index in [1.807, 2.05) is 6.07 Å². The van der Waals surface area contributed by atoms with E-state index in [4.69, 9.17) is 21.6 Å².